The van der Waals surface area contributed by atoms with E-state index in [0.29, 0.717) is 6.04 Å². The molecule has 3 saturated heterocycles. The smallest absolute Gasteiger partial charge is 0.321 e. The molecule has 4 rings (SSSR count). The predicted molar refractivity (Wildman–Crippen MR) is 102 cm³/mol. The standard InChI is InChI=1S/C20H30N4O/c1-16-8-12-23(14-16)18-6-4-17(5-7-18)21-20(25)24-13-9-19(15-24)22-10-2-3-11-22/h4-7,16,19H,2-3,8-15H2,1H3,(H,21,25)/t16-,19-/m0/s1. The molecule has 0 spiro atoms. The number of rotatable bonds is 3. The average Bonchev–Trinajstić information content (AvgIpc) is 3.36. The van der Waals surface area contributed by atoms with Crippen molar-refractivity contribution < 1.29 is 4.79 Å². The third kappa shape index (κ3) is 3.76. The van der Waals surface area contributed by atoms with Crippen molar-refractivity contribution in [3.8, 4) is 0 Å². The van der Waals surface area contributed by atoms with Gasteiger partial charge in [0, 0.05) is 43.6 Å². The normalized spacial score (nSPS) is 27.2. The van der Waals surface area contributed by atoms with E-state index in [-0.39, 0.29) is 6.03 Å². The zero-order valence-corrected chi connectivity index (χ0v) is 15.3. The lowest BCUT2D eigenvalue weighted by Gasteiger charge is -2.24. The van der Waals surface area contributed by atoms with Gasteiger partial charge in [-0.1, -0.05) is 6.92 Å². The maximum atomic E-state index is 12.5. The van der Waals surface area contributed by atoms with Gasteiger partial charge in [-0.25, -0.2) is 4.79 Å². The minimum absolute atomic E-state index is 0.0456. The van der Waals surface area contributed by atoms with E-state index in [0.717, 1.165) is 44.2 Å². The summed E-state index contributed by atoms with van der Waals surface area (Å²) < 4.78 is 0. The lowest BCUT2D eigenvalue weighted by molar-refractivity contribution is 0.210. The molecule has 0 bridgehead atoms. The van der Waals surface area contributed by atoms with Gasteiger partial charge in [0.2, 0.25) is 0 Å². The van der Waals surface area contributed by atoms with Crippen LogP contribution in [0, 0.1) is 5.92 Å². The molecular formula is C20H30N4O. The Morgan fingerprint density at radius 2 is 1.76 bits per heavy atom. The number of hydrogen-bond donors (Lipinski definition) is 1. The second-order valence-corrected chi connectivity index (χ2v) is 7.95. The number of urea groups is 1. The minimum Gasteiger partial charge on any atom is -0.371 e. The highest BCUT2D eigenvalue weighted by Crippen LogP contribution is 2.25. The van der Waals surface area contributed by atoms with Gasteiger partial charge in [0.1, 0.15) is 0 Å². The van der Waals surface area contributed by atoms with E-state index in [4.69, 9.17) is 0 Å². The van der Waals surface area contributed by atoms with Crippen molar-refractivity contribution >= 4 is 17.4 Å². The first kappa shape index (κ1) is 16.7. The van der Waals surface area contributed by atoms with E-state index in [2.05, 4.69) is 34.2 Å². The number of hydrogen-bond acceptors (Lipinski definition) is 3. The van der Waals surface area contributed by atoms with Crippen LogP contribution in [0.25, 0.3) is 0 Å². The van der Waals surface area contributed by atoms with Gasteiger partial charge in [-0.05, 0) is 69.0 Å². The zero-order valence-electron chi connectivity index (χ0n) is 15.3. The van der Waals surface area contributed by atoms with Gasteiger partial charge < -0.3 is 15.1 Å². The van der Waals surface area contributed by atoms with Crippen molar-refractivity contribution in [2.75, 3.05) is 49.5 Å². The van der Waals surface area contributed by atoms with E-state index >= 15 is 0 Å². The van der Waals surface area contributed by atoms with Gasteiger partial charge >= 0.3 is 6.03 Å². The predicted octanol–water partition coefficient (Wildman–Crippen LogP) is 3.23. The Labute approximate surface area is 151 Å². The molecule has 2 atom stereocenters. The summed E-state index contributed by atoms with van der Waals surface area (Å²) in [6, 6.07) is 8.93. The van der Waals surface area contributed by atoms with Crippen LogP contribution in [0.5, 0.6) is 0 Å². The van der Waals surface area contributed by atoms with Crippen molar-refractivity contribution in [3.05, 3.63) is 24.3 Å². The van der Waals surface area contributed by atoms with E-state index in [1.165, 1.54) is 38.0 Å². The highest BCUT2D eigenvalue weighted by molar-refractivity contribution is 5.89. The number of likely N-dealkylation sites (tertiary alicyclic amines) is 2. The first-order valence-electron chi connectivity index (χ1n) is 9.84. The maximum Gasteiger partial charge on any atom is 0.321 e. The molecule has 3 aliphatic heterocycles. The highest BCUT2D eigenvalue weighted by Gasteiger charge is 2.31. The molecule has 3 heterocycles. The van der Waals surface area contributed by atoms with Crippen LogP contribution >= 0.6 is 0 Å². The Kier molecular flexibility index (Phi) is 4.84. The Morgan fingerprint density at radius 1 is 1.00 bits per heavy atom. The molecule has 1 N–H and O–H groups in total. The third-order valence-electron chi connectivity index (χ3n) is 6.02. The van der Waals surface area contributed by atoms with E-state index < -0.39 is 0 Å². The number of carbonyl (C=O) groups is 1. The van der Waals surface area contributed by atoms with Gasteiger partial charge in [-0.15, -0.1) is 0 Å². The quantitative estimate of drug-likeness (QED) is 0.916. The first-order valence-corrected chi connectivity index (χ1v) is 9.84. The molecule has 0 saturated carbocycles. The molecule has 0 aliphatic carbocycles. The van der Waals surface area contributed by atoms with E-state index in [9.17, 15) is 4.79 Å². The van der Waals surface area contributed by atoms with Crippen molar-refractivity contribution in [3.63, 3.8) is 0 Å². The first-order chi connectivity index (χ1) is 12.2. The van der Waals surface area contributed by atoms with Crippen LogP contribution in [-0.4, -0.2) is 61.1 Å². The van der Waals surface area contributed by atoms with Crippen LogP contribution in [0.15, 0.2) is 24.3 Å². The highest BCUT2D eigenvalue weighted by atomic mass is 16.2. The van der Waals surface area contributed by atoms with Crippen molar-refractivity contribution in [2.24, 2.45) is 5.92 Å². The number of amides is 2. The van der Waals surface area contributed by atoms with Crippen LogP contribution in [-0.2, 0) is 0 Å². The molecule has 136 valence electrons. The number of nitrogens with zero attached hydrogens (tertiary/aromatic N) is 3. The van der Waals surface area contributed by atoms with Gasteiger partial charge in [0.15, 0.2) is 0 Å². The lowest BCUT2D eigenvalue weighted by Crippen LogP contribution is -2.38. The minimum atomic E-state index is 0.0456. The molecule has 0 unspecified atom stereocenters. The number of benzene rings is 1. The monoisotopic (exact) mass is 342 g/mol. The summed E-state index contributed by atoms with van der Waals surface area (Å²) in [5.41, 5.74) is 2.16. The molecule has 25 heavy (non-hydrogen) atoms. The third-order valence-corrected chi connectivity index (χ3v) is 6.02. The summed E-state index contributed by atoms with van der Waals surface area (Å²) >= 11 is 0. The molecule has 0 radical (unpaired) electrons. The van der Waals surface area contributed by atoms with Crippen molar-refractivity contribution in [2.45, 2.75) is 38.6 Å². The Hall–Kier alpha value is -1.75. The Bertz CT molecular complexity index is 596. The fourth-order valence-corrected chi connectivity index (χ4v) is 4.46. The largest absolute Gasteiger partial charge is 0.371 e. The van der Waals surface area contributed by atoms with Gasteiger partial charge in [0.25, 0.3) is 0 Å². The number of anilines is 2. The van der Waals surface area contributed by atoms with Crippen LogP contribution < -0.4 is 10.2 Å². The van der Waals surface area contributed by atoms with Gasteiger partial charge in [-0.3, -0.25) is 4.90 Å². The average molecular weight is 342 g/mol. The molecule has 5 heteroatoms. The summed E-state index contributed by atoms with van der Waals surface area (Å²) in [4.78, 5) is 19.5. The molecular weight excluding hydrogens is 312 g/mol. The van der Waals surface area contributed by atoms with Crippen molar-refractivity contribution in [1.82, 2.24) is 9.80 Å². The topological polar surface area (TPSA) is 38.8 Å². The van der Waals surface area contributed by atoms with Crippen molar-refractivity contribution in [1.29, 1.82) is 0 Å². The Morgan fingerprint density at radius 3 is 2.44 bits per heavy atom. The second-order valence-electron chi connectivity index (χ2n) is 7.95. The number of carbonyl (C=O) groups excluding carboxylic acids is 1. The van der Waals surface area contributed by atoms with Crippen LogP contribution in [0.1, 0.15) is 32.6 Å². The van der Waals surface area contributed by atoms with Crippen LogP contribution in [0.2, 0.25) is 0 Å². The summed E-state index contributed by atoms with van der Waals surface area (Å²) in [6.07, 6.45) is 5.00. The fraction of sp³-hybridized carbons (Fsp3) is 0.650. The van der Waals surface area contributed by atoms with Gasteiger partial charge in [0.05, 0.1) is 0 Å². The Balaban J connectivity index is 1.30. The zero-order chi connectivity index (χ0) is 17.2. The summed E-state index contributed by atoms with van der Waals surface area (Å²) in [5.74, 6) is 0.776. The molecule has 2 amide bonds. The maximum absolute atomic E-state index is 12.5. The van der Waals surface area contributed by atoms with Crippen LogP contribution in [0.3, 0.4) is 0 Å². The lowest BCUT2D eigenvalue weighted by atomic mass is 10.2. The molecule has 3 fully saturated rings. The van der Waals surface area contributed by atoms with E-state index in [1.807, 2.05) is 17.0 Å². The summed E-state index contributed by atoms with van der Waals surface area (Å²) in [5, 5.41) is 3.07. The number of nitrogens with one attached hydrogen (secondary N) is 1. The van der Waals surface area contributed by atoms with Gasteiger partial charge in [-0.2, -0.15) is 0 Å². The van der Waals surface area contributed by atoms with E-state index in [1.54, 1.807) is 0 Å². The molecule has 1 aromatic rings. The summed E-state index contributed by atoms with van der Waals surface area (Å²) in [6.45, 7) is 8.73. The molecule has 5 nitrogen and oxygen atoms in total. The second kappa shape index (κ2) is 7.24. The molecule has 0 aromatic heterocycles. The fourth-order valence-electron chi connectivity index (χ4n) is 4.46. The SMILES string of the molecule is C[C@H]1CCN(c2ccc(NC(=O)N3CC[C@H](N4CCCC4)C3)cc2)C1. The molecule has 1 aromatic carbocycles. The summed E-state index contributed by atoms with van der Waals surface area (Å²) in [7, 11) is 0. The molecule has 3 aliphatic rings. The van der Waals surface area contributed by atoms with Crippen LogP contribution in [0.4, 0.5) is 16.2 Å².